The minimum absolute atomic E-state index is 0.281. The van der Waals surface area contributed by atoms with Crippen molar-refractivity contribution in [3.8, 4) is 0 Å². The molecule has 0 spiro atoms. The second-order valence-corrected chi connectivity index (χ2v) is 3.32. The summed E-state index contributed by atoms with van der Waals surface area (Å²) in [6.45, 7) is 0. The Morgan fingerprint density at radius 1 is 1.50 bits per heavy atom. The van der Waals surface area contributed by atoms with Crippen LogP contribution in [0, 0.1) is 11.8 Å². The fourth-order valence-electron chi connectivity index (χ4n) is 1.84. The second kappa shape index (κ2) is 2.66. The first-order chi connectivity index (χ1) is 5.79. The zero-order valence-electron chi connectivity index (χ0n) is 6.73. The molecule has 2 aliphatic rings. The Hall–Kier alpha value is -1.25. The SMILES string of the molecule is NC(=O)NC1C2C=CC=CCC21. The van der Waals surface area contributed by atoms with Crippen LogP contribution in [0.3, 0.4) is 0 Å². The van der Waals surface area contributed by atoms with Crippen LogP contribution in [-0.2, 0) is 0 Å². The lowest BCUT2D eigenvalue weighted by atomic mass is 10.2. The van der Waals surface area contributed by atoms with E-state index in [0.717, 1.165) is 6.42 Å². The molecule has 3 unspecified atom stereocenters. The van der Waals surface area contributed by atoms with Crippen LogP contribution >= 0.6 is 0 Å². The van der Waals surface area contributed by atoms with E-state index in [1.54, 1.807) is 0 Å². The van der Waals surface area contributed by atoms with Crippen molar-refractivity contribution in [2.45, 2.75) is 12.5 Å². The topological polar surface area (TPSA) is 55.1 Å². The largest absolute Gasteiger partial charge is 0.352 e. The van der Waals surface area contributed by atoms with Gasteiger partial charge in [-0.3, -0.25) is 0 Å². The maximum absolute atomic E-state index is 10.5. The van der Waals surface area contributed by atoms with Crippen molar-refractivity contribution < 1.29 is 4.79 Å². The number of rotatable bonds is 1. The summed E-state index contributed by atoms with van der Waals surface area (Å²) in [6, 6.07) is -0.130. The van der Waals surface area contributed by atoms with E-state index in [4.69, 9.17) is 5.73 Å². The van der Waals surface area contributed by atoms with Crippen molar-refractivity contribution in [2.75, 3.05) is 0 Å². The Morgan fingerprint density at radius 3 is 3.08 bits per heavy atom. The lowest BCUT2D eigenvalue weighted by molar-refractivity contribution is 0.248. The number of fused-ring (bicyclic) bond motifs is 1. The summed E-state index contributed by atoms with van der Waals surface area (Å²) in [6.07, 6.45) is 9.39. The number of allylic oxidation sites excluding steroid dienone is 3. The number of nitrogens with one attached hydrogen (secondary N) is 1. The van der Waals surface area contributed by atoms with Crippen molar-refractivity contribution in [1.82, 2.24) is 5.32 Å². The summed E-state index contributed by atoms with van der Waals surface area (Å²) in [5.74, 6) is 1.08. The van der Waals surface area contributed by atoms with Crippen LogP contribution in [0.4, 0.5) is 4.79 Å². The van der Waals surface area contributed by atoms with Crippen LogP contribution in [-0.4, -0.2) is 12.1 Å². The Labute approximate surface area is 71.3 Å². The molecule has 0 radical (unpaired) electrons. The summed E-state index contributed by atoms with van der Waals surface area (Å²) in [7, 11) is 0. The van der Waals surface area contributed by atoms with Gasteiger partial charge in [0.25, 0.3) is 0 Å². The number of urea groups is 1. The number of nitrogens with two attached hydrogens (primary N) is 1. The fourth-order valence-corrected chi connectivity index (χ4v) is 1.84. The number of amides is 2. The van der Waals surface area contributed by atoms with E-state index in [1.807, 2.05) is 12.2 Å². The van der Waals surface area contributed by atoms with Gasteiger partial charge >= 0.3 is 6.03 Å². The Balaban J connectivity index is 1.95. The summed E-state index contributed by atoms with van der Waals surface area (Å²) in [4.78, 5) is 10.5. The molecular weight excluding hydrogens is 152 g/mol. The van der Waals surface area contributed by atoms with Crippen molar-refractivity contribution in [3.05, 3.63) is 24.3 Å². The maximum Gasteiger partial charge on any atom is 0.312 e. The highest BCUT2D eigenvalue weighted by atomic mass is 16.2. The molecular formula is C9H12N2O. The molecule has 0 bridgehead atoms. The standard InChI is InChI=1S/C9H12N2O/c10-9(12)11-8-6-4-2-1-3-5-7(6)8/h1-4,6-8H,5H2,(H3,10,11,12). The fraction of sp³-hybridized carbons (Fsp3) is 0.444. The molecule has 12 heavy (non-hydrogen) atoms. The van der Waals surface area contributed by atoms with E-state index in [0.29, 0.717) is 11.8 Å². The highest BCUT2D eigenvalue weighted by molar-refractivity contribution is 5.72. The number of hydrogen-bond donors (Lipinski definition) is 2. The average Bonchev–Trinajstić information content (AvgIpc) is 2.66. The van der Waals surface area contributed by atoms with Crippen molar-refractivity contribution in [1.29, 1.82) is 0 Å². The molecule has 3 nitrogen and oxygen atoms in total. The van der Waals surface area contributed by atoms with Gasteiger partial charge in [-0.1, -0.05) is 24.3 Å². The van der Waals surface area contributed by atoms with Crippen LogP contribution < -0.4 is 11.1 Å². The molecule has 1 fully saturated rings. The van der Waals surface area contributed by atoms with E-state index in [9.17, 15) is 4.79 Å². The molecule has 0 aromatic rings. The predicted molar refractivity (Wildman–Crippen MR) is 46.4 cm³/mol. The third-order valence-corrected chi connectivity index (χ3v) is 2.53. The summed E-state index contributed by atoms with van der Waals surface area (Å²) in [5.41, 5.74) is 5.03. The Morgan fingerprint density at radius 2 is 2.33 bits per heavy atom. The van der Waals surface area contributed by atoms with Crippen molar-refractivity contribution in [3.63, 3.8) is 0 Å². The Kier molecular flexibility index (Phi) is 1.64. The molecule has 0 saturated heterocycles. The quantitative estimate of drug-likeness (QED) is 0.591. The molecule has 0 aromatic heterocycles. The average molecular weight is 164 g/mol. The minimum Gasteiger partial charge on any atom is -0.352 e. The lowest BCUT2D eigenvalue weighted by Crippen LogP contribution is -2.32. The van der Waals surface area contributed by atoms with E-state index in [-0.39, 0.29) is 6.04 Å². The molecule has 3 heteroatoms. The molecule has 3 N–H and O–H groups in total. The monoisotopic (exact) mass is 164 g/mol. The van der Waals surface area contributed by atoms with Crippen molar-refractivity contribution in [2.24, 2.45) is 17.6 Å². The maximum atomic E-state index is 10.5. The molecule has 0 aliphatic heterocycles. The van der Waals surface area contributed by atoms with Gasteiger partial charge in [-0.25, -0.2) is 4.79 Å². The second-order valence-electron chi connectivity index (χ2n) is 3.32. The summed E-state index contributed by atoms with van der Waals surface area (Å²) < 4.78 is 0. The highest BCUT2D eigenvalue weighted by Gasteiger charge is 2.48. The molecule has 2 rings (SSSR count). The third-order valence-electron chi connectivity index (χ3n) is 2.53. The van der Waals surface area contributed by atoms with E-state index >= 15 is 0 Å². The van der Waals surface area contributed by atoms with Crippen LogP contribution in [0.15, 0.2) is 24.3 Å². The smallest absolute Gasteiger partial charge is 0.312 e. The zero-order chi connectivity index (χ0) is 8.55. The molecule has 0 heterocycles. The Bertz CT molecular complexity index is 257. The van der Waals surface area contributed by atoms with E-state index < -0.39 is 6.03 Å². The van der Waals surface area contributed by atoms with Gasteiger partial charge in [0, 0.05) is 12.0 Å². The molecule has 64 valence electrons. The van der Waals surface area contributed by atoms with Gasteiger partial charge in [0.15, 0.2) is 0 Å². The molecule has 0 aromatic carbocycles. The molecule has 1 saturated carbocycles. The molecule has 2 aliphatic carbocycles. The van der Waals surface area contributed by atoms with Gasteiger partial charge < -0.3 is 11.1 Å². The van der Waals surface area contributed by atoms with Crippen LogP contribution in [0.25, 0.3) is 0 Å². The number of primary amides is 1. The summed E-state index contributed by atoms with van der Waals surface area (Å²) >= 11 is 0. The zero-order valence-corrected chi connectivity index (χ0v) is 6.73. The number of carbonyl (C=O) groups is 1. The van der Waals surface area contributed by atoms with Gasteiger partial charge in [0.2, 0.25) is 0 Å². The third kappa shape index (κ3) is 1.22. The predicted octanol–water partition coefficient (Wildman–Crippen LogP) is 0.785. The van der Waals surface area contributed by atoms with E-state index in [2.05, 4.69) is 17.5 Å². The first kappa shape index (κ1) is 7.40. The highest BCUT2D eigenvalue weighted by Crippen LogP contribution is 2.44. The normalized spacial score (nSPS) is 36.8. The minimum atomic E-state index is -0.412. The number of hydrogen-bond acceptors (Lipinski definition) is 1. The van der Waals surface area contributed by atoms with Gasteiger partial charge in [-0.2, -0.15) is 0 Å². The molecule has 2 amide bonds. The lowest BCUT2D eigenvalue weighted by Gasteiger charge is -1.97. The van der Waals surface area contributed by atoms with E-state index in [1.165, 1.54) is 0 Å². The van der Waals surface area contributed by atoms with Crippen molar-refractivity contribution >= 4 is 6.03 Å². The van der Waals surface area contributed by atoms with Gasteiger partial charge in [-0.05, 0) is 12.3 Å². The van der Waals surface area contributed by atoms with Crippen LogP contribution in [0.2, 0.25) is 0 Å². The van der Waals surface area contributed by atoms with Gasteiger partial charge in [0.05, 0.1) is 0 Å². The van der Waals surface area contributed by atoms with Gasteiger partial charge in [-0.15, -0.1) is 0 Å². The van der Waals surface area contributed by atoms with Crippen LogP contribution in [0.5, 0.6) is 0 Å². The first-order valence-corrected chi connectivity index (χ1v) is 4.18. The molecule has 3 atom stereocenters. The summed E-state index contributed by atoms with van der Waals surface area (Å²) in [5, 5.41) is 2.74. The van der Waals surface area contributed by atoms with Crippen LogP contribution in [0.1, 0.15) is 6.42 Å². The number of carbonyl (C=O) groups excluding carboxylic acids is 1. The first-order valence-electron chi connectivity index (χ1n) is 4.18. The van der Waals surface area contributed by atoms with Gasteiger partial charge in [0.1, 0.15) is 0 Å².